The second kappa shape index (κ2) is 8.46. The van der Waals surface area contributed by atoms with E-state index in [1.807, 2.05) is 0 Å². The smallest absolute Gasteiger partial charge is 0.274 e. The van der Waals surface area contributed by atoms with Crippen LogP contribution in [-0.4, -0.2) is 43.9 Å². The molecule has 1 amide bonds. The van der Waals surface area contributed by atoms with Crippen molar-refractivity contribution in [3.05, 3.63) is 77.5 Å². The molecular weight excluding hydrogens is 451 g/mol. The summed E-state index contributed by atoms with van der Waals surface area (Å²) in [6.45, 7) is 0. The van der Waals surface area contributed by atoms with Gasteiger partial charge < -0.3 is 20.3 Å². The number of aromatic nitrogens is 2. The van der Waals surface area contributed by atoms with Crippen molar-refractivity contribution in [2.45, 2.75) is 43.2 Å². The minimum Gasteiger partial charge on any atom is -0.390 e. The van der Waals surface area contributed by atoms with Gasteiger partial charge in [-0.25, -0.2) is 18.2 Å². The number of ether oxygens (including phenoxy) is 1. The molecule has 3 aromatic rings. The van der Waals surface area contributed by atoms with Crippen molar-refractivity contribution in [3.63, 3.8) is 0 Å². The number of halogens is 3. The molecule has 0 bridgehead atoms. The number of pyridine rings is 2. The van der Waals surface area contributed by atoms with E-state index >= 15 is 0 Å². The summed E-state index contributed by atoms with van der Waals surface area (Å²) in [6.07, 6.45) is 1.64. The highest BCUT2D eigenvalue weighted by atomic mass is 19.1. The third-order valence-electron chi connectivity index (χ3n) is 6.21. The Kier molecular flexibility index (Phi) is 5.59. The lowest BCUT2D eigenvalue weighted by atomic mass is 9.92. The normalized spacial score (nSPS) is 23.0. The number of rotatable bonds is 4. The number of anilines is 1. The van der Waals surface area contributed by atoms with E-state index in [0.717, 1.165) is 30.3 Å². The maximum Gasteiger partial charge on any atom is 0.274 e. The van der Waals surface area contributed by atoms with E-state index in [-0.39, 0.29) is 17.8 Å². The molecule has 34 heavy (non-hydrogen) atoms. The predicted molar refractivity (Wildman–Crippen MR) is 114 cm³/mol. The highest BCUT2D eigenvalue weighted by Crippen LogP contribution is 2.52. The monoisotopic (exact) mass is 471 g/mol. The Labute approximate surface area is 192 Å². The lowest BCUT2D eigenvalue weighted by Gasteiger charge is -2.38. The second-order valence-electron chi connectivity index (χ2n) is 8.46. The zero-order valence-corrected chi connectivity index (χ0v) is 17.7. The number of benzene rings is 1. The number of carbonyl (C=O) groups is 1. The molecule has 10 heteroatoms. The fourth-order valence-electron chi connectivity index (χ4n) is 4.27. The first-order chi connectivity index (χ1) is 16.3. The molecule has 176 valence electrons. The SMILES string of the molecule is O=C(Nc1cnccc1[C@@H]1C[C@H](O)[C@@H](O)C2(CC2)O1)c1ccc(F)c(-c2c(F)cccc2F)n1. The maximum atomic E-state index is 14.4. The topological polar surface area (TPSA) is 105 Å². The summed E-state index contributed by atoms with van der Waals surface area (Å²) in [5, 5.41) is 23.2. The van der Waals surface area contributed by atoms with Crippen molar-refractivity contribution in [2.75, 3.05) is 5.32 Å². The fourth-order valence-corrected chi connectivity index (χ4v) is 4.27. The van der Waals surface area contributed by atoms with E-state index in [1.54, 1.807) is 6.07 Å². The van der Waals surface area contributed by atoms with E-state index in [0.29, 0.717) is 18.4 Å². The average Bonchev–Trinajstić information content (AvgIpc) is 3.58. The molecule has 3 atom stereocenters. The summed E-state index contributed by atoms with van der Waals surface area (Å²) in [4.78, 5) is 20.8. The van der Waals surface area contributed by atoms with E-state index < -0.39 is 58.5 Å². The Morgan fingerprint density at radius 2 is 1.79 bits per heavy atom. The lowest BCUT2D eigenvalue weighted by Crippen LogP contribution is -2.47. The first-order valence-electron chi connectivity index (χ1n) is 10.7. The zero-order valence-electron chi connectivity index (χ0n) is 17.7. The van der Waals surface area contributed by atoms with Gasteiger partial charge in [-0.1, -0.05) is 6.07 Å². The van der Waals surface area contributed by atoms with Crippen LogP contribution in [0, 0.1) is 17.5 Å². The van der Waals surface area contributed by atoms with Crippen LogP contribution in [0.5, 0.6) is 0 Å². The van der Waals surface area contributed by atoms with E-state index in [9.17, 15) is 28.2 Å². The molecule has 3 N–H and O–H groups in total. The quantitative estimate of drug-likeness (QED) is 0.538. The molecule has 0 unspecified atom stereocenters. The molecule has 1 aliphatic carbocycles. The number of hydrogen-bond acceptors (Lipinski definition) is 6. The summed E-state index contributed by atoms with van der Waals surface area (Å²) < 4.78 is 48.8. The summed E-state index contributed by atoms with van der Waals surface area (Å²) in [5.74, 6) is -3.77. The highest BCUT2D eigenvalue weighted by molar-refractivity contribution is 6.03. The van der Waals surface area contributed by atoms with Crippen LogP contribution in [0.2, 0.25) is 0 Å². The van der Waals surface area contributed by atoms with Crippen molar-refractivity contribution in [2.24, 2.45) is 0 Å². The summed E-state index contributed by atoms with van der Waals surface area (Å²) in [7, 11) is 0. The first kappa shape index (κ1) is 22.5. The number of amides is 1. The molecule has 1 saturated heterocycles. The Hall–Kier alpha value is -3.34. The van der Waals surface area contributed by atoms with Crippen molar-refractivity contribution < 1.29 is 32.9 Å². The number of aliphatic hydroxyl groups is 2. The van der Waals surface area contributed by atoms with Crippen LogP contribution in [0.3, 0.4) is 0 Å². The predicted octanol–water partition coefficient (Wildman–Crippen LogP) is 3.53. The molecule has 0 radical (unpaired) electrons. The molecule has 3 heterocycles. The van der Waals surface area contributed by atoms with Gasteiger partial charge in [-0.15, -0.1) is 0 Å². The van der Waals surface area contributed by atoms with Gasteiger partial charge in [0.2, 0.25) is 0 Å². The van der Waals surface area contributed by atoms with Crippen LogP contribution >= 0.6 is 0 Å². The van der Waals surface area contributed by atoms with Gasteiger partial charge in [-0.2, -0.15) is 0 Å². The molecule has 2 fully saturated rings. The van der Waals surface area contributed by atoms with Gasteiger partial charge in [-0.3, -0.25) is 9.78 Å². The molecule has 1 saturated carbocycles. The lowest BCUT2D eigenvalue weighted by molar-refractivity contribution is -0.185. The molecule has 2 aliphatic rings. The number of nitrogens with zero attached hydrogens (tertiary/aromatic N) is 2. The van der Waals surface area contributed by atoms with Crippen molar-refractivity contribution in [1.29, 1.82) is 0 Å². The van der Waals surface area contributed by atoms with Gasteiger partial charge in [0.05, 0.1) is 35.3 Å². The Bertz CT molecular complexity index is 1250. The molecule has 1 aromatic carbocycles. The Balaban J connectivity index is 1.43. The van der Waals surface area contributed by atoms with Crippen LogP contribution < -0.4 is 5.32 Å². The molecule has 1 spiro atoms. The number of aliphatic hydroxyl groups excluding tert-OH is 2. The van der Waals surface area contributed by atoms with Gasteiger partial charge in [0.1, 0.15) is 34.9 Å². The standard InChI is InChI=1S/C24H20F3N3O4/c25-13-2-1-3-14(26)20(13)21-15(27)4-5-16(29-21)23(33)30-17-11-28-9-6-12(17)19-10-18(31)22(32)24(34-19)7-8-24/h1-6,9,11,18-19,22,31-32H,7-8,10H2,(H,30,33)/t18-,19-,22+/m0/s1. The minimum absolute atomic E-state index is 0.112. The van der Waals surface area contributed by atoms with Crippen molar-refractivity contribution in [3.8, 4) is 11.3 Å². The summed E-state index contributed by atoms with van der Waals surface area (Å²) >= 11 is 0. The summed E-state index contributed by atoms with van der Waals surface area (Å²) in [5.41, 5.74) is -1.57. The zero-order chi connectivity index (χ0) is 24.0. The fraction of sp³-hybridized carbons (Fsp3) is 0.292. The molecular formula is C24H20F3N3O4. The van der Waals surface area contributed by atoms with Crippen molar-refractivity contribution in [1.82, 2.24) is 9.97 Å². The molecule has 7 nitrogen and oxygen atoms in total. The van der Waals surface area contributed by atoms with Crippen molar-refractivity contribution >= 4 is 11.6 Å². The van der Waals surface area contributed by atoms with Gasteiger partial charge in [0.25, 0.3) is 5.91 Å². The largest absolute Gasteiger partial charge is 0.390 e. The number of nitrogens with one attached hydrogen (secondary N) is 1. The van der Waals surface area contributed by atoms with Crippen LogP contribution in [0.25, 0.3) is 11.3 Å². The highest BCUT2D eigenvalue weighted by Gasteiger charge is 2.57. The van der Waals surface area contributed by atoms with E-state index in [2.05, 4.69) is 15.3 Å². The number of carbonyl (C=O) groups excluding carboxylic acids is 1. The second-order valence-corrected chi connectivity index (χ2v) is 8.46. The van der Waals surface area contributed by atoms with Crippen LogP contribution in [0.1, 0.15) is 41.4 Å². The van der Waals surface area contributed by atoms with Gasteiger partial charge in [-0.05, 0) is 43.2 Å². The minimum atomic E-state index is -1.01. The van der Waals surface area contributed by atoms with E-state index in [1.165, 1.54) is 12.4 Å². The van der Waals surface area contributed by atoms with Gasteiger partial charge in [0.15, 0.2) is 0 Å². The first-order valence-corrected chi connectivity index (χ1v) is 10.7. The third-order valence-corrected chi connectivity index (χ3v) is 6.21. The average molecular weight is 471 g/mol. The van der Waals surface area contributed by atoms with Gasteiger partial charge in [0, 0.05) is 18.2 Å². The van der Waals surface area contributed by atoms with Gasteiger partial charge >= 0.3 is 0 Å². The van der Waals surface area contributed by atoms with Crippen LogP contribution in [0.4, 0.5) is 18.9 Å². The third kappa shape index (κ3) is 3.93. The Morgan fingerprint density at radius 1 is 1.06 bits per heavy atom. The Morgan fingerprint density at radius 3 is 2.50 bits per heavy atom. The number of hydrogen-bond donors (Lipinski definition) is 3. The maximum absolute atomic E-state index is 14.4. The van der Waals surface area contributed by atoms with E-state index in [4.69, 9.17) is 4.74 Å². The summed E-state index contributed by atoms with van der Waals surface area (Å²) in [6, 6.07) is 6.71. The molecule has 1 aliphatic heterocycles. The van der Waals surface area contributed by atoms with Crippen LogP contribution in [0.15, 0.2) is 48.8 Å². The molecule has 5 rings (SSSR count). The van der Waals surface area contributed by atoms with Crippen LogP contribution in [-0.2, 0) is 4.74 Å². The molecule has 2 aromatic heterocycles.